The molecule has 0 aliphatic heterocycles. The highest BCUT2D eigenvalue weighted by atomic mass is 35.5. The van der Waals surface area contributed by atoms with Gasteiger partial charge < -0.3 is 0 Å². The number of rotatable bonds is 3. The maximum atomic E-state index is 12.4. The molecule has 1 heterocycles. The van der Waals surface area contributed by atoms with Crippen molar-refractivity contribution >= 4 is 17.9 Å². The summed E-state index contributed by atoms with van der Waals surface area (Å²) < 4.78 is 24.8. The summed E-state index contributed by atoms with van der Waals surface area (Å²) in [5, 5.41) is 8.65. The number of aromatic nitrogens is 1. The van der Waals surface area contributed by atoms with Crippen LogP contribution < -0.4 is 0 Å². The molecular formula is C9H5ClF2N2O. The Kier molecular flexibility index (Phi) is 3.69. The van der Waals surface area contributed by atoms with E-state index in [9.17, 15) is 13.6 Å². The highest BCUT2D eigenvalue weighted by Gasteiger charge is 2.17. The van der Waals surface area contributed by atoms with Crippen molar-refractivity contribution in [2.24, 2.45) is 0 Å². The number of alkyl halides is 3. The van der Waals surface area contributed by atoms with Crippen molar-refractivity contribution < 1.29 is 13.6 Å². The summed E-state index contributed by atoms with van der Waals surface area (Å²) in [7, 11) is 0. The van der Waals surface area contributed by atoms with Gasteiger partial charge in [0.2, 0.25) is 0 Å². The van der Waals surface area contributed by atoms with E-state index in [2.05, 4.69) is 4.98 Å². The maximum absolute atomic E-state index is 12.4. The second-order valence-corrected chi connectivity index (χ2v) is 2.89. The van der Waals surface area contributed by atoms with Crippen molar-refractivity contribution in [3.63, 3.8) is 0 Å². The third-order valence-corrected chi connectivity index (χ3v) is 2.00. The third kappa shape index (κ3) is 2.28. The lowest BCUT2D eigenvalue weighted by molar-refractivity contribution is 0.110. The zero-order valence-electron chi connectivity index (χ0n) is 7.38. The first-order valence-electron chi connectivity index (χ1n) is 3.87. The van der Waals surface area contributed by atoms with Gasteiger partial charge in [0.15, 0.2) is 6.29 Å². The third-order valence-electron chi connectivity index (χ3n) is 1.74. The van der Waals surface area contributed by atoms with E-state index in [0.717, 1.165) is 6.07 Å². The molecule has 0 aliphatic carbocycles. The number of carbonyl (C=O) groups excluding carboxylic acids is 1. The van der Waals surface area contributed by atoms with Crippen molar-refractivity contribution in [3.8, 4) is 6.07 Å². The summed E-state index contributed by atoms with van der Waals surface area (Å²) in [5.74, 6) is -0.151. The molecule has 0 N–H and O–H groups in total. The Morgan fingerprint density at radius 1 is 1.67 bits per heavy atom. The molecule has 78 valence electrons. The van der Waals surface area contributed by atoms with E-state index in [1.54, 1.807) is 6.07 Å². The molecule has 1 aromatic rings. The van der Waals surface area contributed by atoms with Gasteiger partial charge in [0.1, 0.15) is 11.8 Å². The lowest BCUT2D eigenvalue weighted by Crippen LogP contribution is -2.03. The predicted molar refractivity (Wildman–Crippen MR) is 48.9 cm³/mol. The van der Waals surface area contributed by atoms with Crippen molar-refractivity contribution in [3.05, 3.63) is 28.6 Å². The van der Waals surface area contributed by atoms with Gasteiger partial charge >= 0.3 is 0 Å². The summed E-state index contributed by atoms with van der Waals surface area (Å²) >= 11 is 5.44. The monoisotopic (exact) mass is 230 g/mol. The number of hydrogen-bond acceptors (Lipinski definition) is 3. The quantitative estimate of drug-likeness (QED) is 0.592. The standard InChI is InChI=1S/C9H5ClF2N2O/c10-2-7-5(3-13)1-6(4-15)8(14-7)9(11)12/h1,4,9H,2H2. The SMILES string of the molecule is N#Cc1cc(C=O)c(C(F)F)nc1CCl. The lowest BCUT2D eigenvalue weighted by atomic mass is 10.1. The van der Waals surface area contributed by atoms with E-state index < -0.39 is 12.1 Å². The van der Waals surface area contributed by atoms with Crippen LogP contribution >= 0.6 is 11.6 Å². The van der Waals surface area contributed by atoms with E-state index in [1.165, 1.54) is 0 Å². The molecule has 0 radical (unpaired) electrons. The average Bonchev–Trinajstić information content (AvgIpc) is 2.26. The van der Waals surface area contributed by atoms with E-state index in [4.69, 9.17) is 16.9 Å². The molecule has 0 bridgehead atoms. The van der Waals surface area contributed by atoms with Crippen LogP contribution in [0.15, 0.2) is 6.07 Å². The topological polar surface area (TPSA) is 53.8 Å². The van der Waals surface area contributed by atoms with Gasteiger partial charge in [-0.1, -0.05) is 0 Å². The van der Waals surface area contributed by atoms with Gasteiger partial charge in [0, 0.05) is 5.56 Å². The van der Waals surface area contributed by atoms with Gasteiger partial charge in [-0.15, -0.1) is 11.6 Å². The zero-order chi connectivity index (χ0) is 11.4. The maximum Gasteiger partial charge on any atom is 0.281 e. The fourth-order valence-electron chi connectivity index (χ4n) is 1.05. The summed E-state index contributed by atoms with van der Waals surface area (Å²) in [6.45, 7) is 0. The van der Waals surface area contributed by atoms with Crippen molar-refractivity contribution in [1.82, 2.24) is 4.98 Å². The second-order valence-electron chi connectivity index (χ2n) is 2.62. The van der Waals surface area contributed by atoms with Gasteiger partial charge in [0.05, 0.1) is 17.1 Å². The summed E-state index contributed by atoms with van der Waals surface area (Å²) in [6, 6.07) is 2.81. The Balaban J connectivity index is 3.42. The van der Waals surface area contributed by atoms with E-state index >= 15 is 0 Å². The molecule has 0 amide bonds. The fourth-order valence-corrected chi connectivity index (χ4v) is 1.25. The Morgan fingerprint density at radius 2 is 2.33 bits per heavy atom. The van der Waals surface area contributed by atoms with Crippen LogP contribution in [0.3, 0.4) is 0 Å². The first-order chi connectivity index (χ1) is 7.13. The Bertz CT molecular complexity index is 429. The predicted octanol–water partition coefficient (Wildman–Crippen LogP) is 2.44. The van der Waals surface area contributed by atoms with Crippen molar-refractivity contribution in [2.45, 2.75) is 12.3 Å². The highest BCUT2D eigenvalue weighted by molar-refractivity contribution is 6.17. The molecule has 0 unspecified atom stereocenters. The van der Waals surface area contributed by atoms with E-state index in [-0.39, 0.29) is 29.0 Å². The number of hydrogen-bond donors (Lipinski definition) is 0. The molecule has 0 spiro atoms. The zero-order valence-corrected chi connectivity index (χ0v) is 8.13. The van der Waals surface area contributed by atoms with Gasteiger partial charge in [0.25, 0.3) is 6.43 Å². The minimum Gasteiger partial charge on any atom is -0.298 e. The highest BCUT2D eigenvalue weighted by Crippen LogP contribution is 2.22. The van der Waals surface area contributed by atoms with Crippen LogP contribution in [0.5, 0.6) is 0 Å². The van der Waals surface area contributed by atoms with Crippen LogP contribution in [0, 0.1) is 11.3 Å². The average molecular weight is 231 g/mol. The largest absolute Gasteiger partial charge is 0.298 e. The summed E-state index contributed by atoms with van der Waals surface area (Å²) in [6.07, 6.45) is -2.62. The Labute approximate surface area is 89.3 Å². The summed E-state index contributed by atoms with van der Waals surface area (Å²) in [5.41, 5.74) is -0.827. The normalized spacial score (nSPS) is 10.1. The molecule has 0 aromatic carbocycles. The van der Waals surface area contributed by atoms with Crippen LogP contribution in [0.2, 0.25) is 0 Å². The molecule has 3 nitrogen and oxygen atoms in total. The van der Waals surface area contributed by atoms with Gasteiger partial charge in [-0.05, 0) is 6.07 Å². The van der Waals surface area contributed by atoms with Gasteiger partial charge in [-0.3, -0.25) is 4.79 Å². The number of carbonyl (C=O) groups is 1. The van der Waals surface area contributed by atoms with Crippen LogP contribution in [-0.4, -0.2) is 11.3 Å². The summed E-state index contributed by atoms with van der Waals surface area (Å²) in [4.78, 5) is 14.0. The minimum atomic E-state index is -2.86. The number of aldehydes is 1. The van der Waals surface area contributed by atoms with Crippen LogP contribution in [0.1, 0.15) is 33.7 Å². The number of pyridine rings is 1. The molecular weight excluding hydrogens is 226 g/mol. The first kappa shape index (κ1) is 11.5. The molecule has 1 aromatic heterocycles. The molecule has 0 saturated heterocycles. The van der Waals surface area contributed by atoms with Crippen LogP contribution in [0.25, 0.3) is 0 Å². The molecule has 0 saturated carbocycles. The molecule has 1 rings (SSSR count). The molecule has 0 fully saturated rings. The number of nitrogens with zero attached hydrogens (tertiary/aromatic N) is 2. The lowest BCUT2D eigenvalue weighted by Gasteiger charge is -2.06. The minimum absolute atomic E-state index is 0.0384. The van der Waals surface area contributed by atoms with Crippen LogP contribution in [-0.2, 0) is 5.88 Å². The Hall–Kier alpha value is -1.54. The van der Waals surface area contributed by atoms with E-state index in [0.29, 0.717) is 0 Å². The van der Waals surface area contributed by atoms with Gasteiger partial charge in [-0.25, -0.2) is 13.8 Å². The van der Waals surface area contributed by atoms with Gasteiger partial charge in [-0.2, -0.15) is 5.26 Å². The number of halogens is 3. The smallest absolute Gasteiger partial charge is 0.281 e. The Morgan fingerprint density at radius 3 is 2.73 bits per heavy atom. The van der Waals surface area contributed by atoms with Crippen molar-refractivity contribution in [2.75, 3.05) is 0 Å². The molecule has 15 heavy (non-hydrogen) atoms. The van der Waals surface area contributed by atoms with Crippen molar-refractivity contribution in [1.29, 1.82) is 5.26 Å². The number of nitriles is 1. The van der Waals surface area contributed by atoms with E-state index in [1.807, 2.05) is 0 Å². The molecule has 6 heteroatoms. The second kappa shape index (κ2) is 4.80. The molecule has 0 aliphatic rings. The fraction of sp³-hybridized carbons (Fsp3) is 0.222. The molecule has 0 atom stereocenters. The first-order valence-corrected chi connectivity index (χ1v) is 4.40. The van der Waals surface area contributed by atoms with Crippen LogP contribution in [0.4, 0.5) is 8.78 Å².